The first kappa shape index (κ1) is 11.4. The van der Waals surface area contributed by atoms with Crippen molar-refractivity contribution in [3.63, 3.8) is 0 Å². The highest BCUT2D eigenvalue weighted by Gasteiger charge is 2.21. The number of thioether (sulfide) groups is 1. The first-order valence-electron chi connectivity index (χ1n) is 4.79. The van der Waals surface area contributed by atoms with Crippen LogP contribution in [0.3, 0.4) is 0 Å². The maximum atomic E-state index is 11.2. The number of carbonyl (C=O) groups is 2. The number of rotatable bonds is 2. The van der Waals surface area contributed by atoms with E-state index in [2.05, 4.69) is 10.1 Å². The van der Waals surface area contributed by atoms with Crippen LogP contribution in [0.4, 0.5) is 0 Å². The lowest BCUT2D eigenvalue weighted by molar-refractivity contribution is -0.154. The maximum Gasteiger partial charge on any atom is 0.396 e. The largest absolute Gasteiger partial charge is 0.459 e. The molecule has 0 radical (unpaired) electrons. The fourth-order valence-corrected chi connectivity index (χ4v) is 2.37. The van der Waals surface area contributed by atoms with Crippen molar-refractivity contribution in [3.8, 4) is 0 Å². The van der Waals surface area contributed by atoms with Gasteiger partial charge in [0.05, 0.1) is 6.61 Å². The molecule has 0 aromatic rings. The Balaban J connectivity index is 2.28. The molecule has 0 saturated carbocycles. The number of amides is 1. The smallest absolute Gasteiger partial charge is 0.396 e. The lowest BCUT2D eigenvalue weighted by Crippen LogP contribution is -2.42. The normalized spacial score (nSPS) is 21.4. The van der Waals surface area contributed by atoms with Crippen LogP contribution in [0.2, 0.25) is 0 Å². The van der Waals surface area contributed by atoms with E-state index >= 15 is 0 Å². The topological polar surface area (TPSA) is 55.4 Å². The Labute approximate surface area is 87.8 Å². The Morgan fingerprint density at radius 3 is 2.93 bits per heavy atom. The maximum absolute atomic E-state index is 11.2. The minimum Gasteiger partial charge on any atom is -0.459 e. The van der Waals surface area contributed by atoms with E-state index in [-0.39, 0.29) is 12.6 Å². The minimum atomic E-state index is -0.775. The molecule has 1 N–H and O–H groups in total. The predicted molar refractivity (Wildman–Crippen MR) is 55.1 cm³/mol. The molecule has 0 aromatic heterocycles. The number of nitrogens with one attached hydrogen (secondary N) is 1. The Morgan fingerprint density at radius 2 is 2.36 bits per heavy atom. The highest BCUT2D eigenvalue weighted by molar-refractivity contribution is 7.99. The van der Waals surface area contributed by atoms with Gasteiger partial charge in [-0.25, -0.2) is 4.79 Å². The van der Waals surface area contributed by atoms with Gasteiger partial charge < -0.3 is 10.1 Å². The second-order valence-electron chi connectivity index (χ2n) is 3.11. The van der Waals surface area contributed by atoms with Crippen molar-refractivity contribution in [3.05, 3.63) is 0 Å². The predicted octanol–water partition coefficient (Wildman–Crippen LogP) is 0.561. The molecule has 14 heavy (non-hydrogen) atoms. The van der Waals surface area contributed by atoms with Gasteiger partial charge in [0.25, 0.3) is 0 Å². The fourth-order valence-electron chi connectivity index (χ4n) is 1.30. The van der Waals surface area contributed by atoms with E-state index in [1.165, 1.54) is 0 Å². The second-order valence-corrected chi connectivity index (χ2v) is 4.26. The van der Waals surface area contributed by atoms with Crippen molar-refractivity contribution in [2.75, 3.05) is 18.1 Å². The summed E-state index contributed by atoms with van der Waals surface area (Å²) in [7, 11) is 0. The van der Waals surface area contributed by atoms with E-state index in [1.807, 2.05) is 0 Å². The third kappa shape index (κ3) is 3.57. The zero-order chi connectivity index (χ0) is 10.4. The molecule has 5 heteroatoms. The molecule has 0 bridgehead atoms. The standard InChI is InChI=1S/C9H15NO3S/c1-2-13-9(12)8(11)10-7-4-3-5-14-6-7/h7H,2-6H2,1H3,(H,10,11). The summed E-state index contributed by atoms with van der Waals surface area (Å²) in [5, 5.41) is 2.67. The first-order valence-corrected chi connectivity index (χ1v) is 5.95. The van der Waals surface area contributed by atoms with Gasteiger partial charge in [0.1, 0.15) is 0 Å². The van der Waals surface area contributed by atoms with Crippen molar-refractivity contribution in [2.24, 2.45) is 0 Å². The first-order chi connectivity index (χ1) is 6.74. The number of ether oxygens (including phenoxy) is 1. The Morgan fingerprint density at radius 1 is 1.57 bits per heavy atom. The van der Waals surface area contributed by atoms with Crippen LogP contribution >= 0.6 is 11.8 Å². The van der Waals surface area contributed by atoms with Crippen molar-refractivity contribution in [1.29, 1.82) is 0 Å². The van der Waals surface area contributed by atoms with Gasteiger partial charge >= 0.3 is 11.9 Å². The quantitative estimate of drug-likeness (QED) is 0.542. The molecule has 1 aliphatic rings. The molecule has 0 aromatic carbocycles. The summed E-state index contributed by atoms with van der Waals surface area (Å²) in [5.74, 6) is 0.652. The van der Waals surface area contributed by atoms with E-state index in [4.69, 9.17) is 0 Å². The zero-order valence-corrected chi connectivity index (χ0v) is 9.06. The van der Waals surface area contributed by atoms with Gasteiger partial charge in [0.2, 0.25) is 0 Å². The van der Waals surface area contributed by atoms with Gasteiger partial charge in [-0.1, -0.05) is 0 Å². The summed E-state index contributed by atoms with van der Waals surface area (Å²) in [4.78, 5) is 22.2. The number of hydrogen-bond donors (Lipinski definition) is 1. The molecule has 1 amide bonds. The molecule has 0 spiro atoms. The summed E-state index contributed by atoms with van der Waals surface area (Å²) in [5.41, 5.74) is 0. The van der Waals surface area contributed by atoms with E-state index in [0.717, 1.165) is 24.3 Å². The monoisotopic (exact) mass is 217 g/mol. The highest BCUT2D eigenvalue weighted by Crippen LogP contribution is 2.16. The fraction of sp³-hybridized carbons (Fsp3) is 0.778. The van der Waals surface area contributed by atoms with E-state index in [0.29, 0.717) is 0 Å². The van der Waals surface area contributed by atoms with Gasteiger partial charge in [0.15, 0.2) is 0 Å². The molecule has 4 nitrogen and oxygen atoms in total. The molecule has 1 aliphatic heterocycles. The molecule has 1 heterocycles. The van der Waals surface area contributed by atoms with Crippen LogP contribution < -0.4 is 5.32 Å². The van der Waals surface area contributed by atoms with Crippen LogP contribution in [0.15, 0.2) is 0 Å². The van der Waals surface area contributed by atoms with Crippen LogP contribution in [-0.2, 0) is 14.3 Å². The lowest BCUT2D eigenvalue weighted by Gasteiger charge is -2.21. The van der Waals surface area contributed by atoms with E-state index in [1.54, 1.807) is 18.7 Å². The summed E-state index contributed by atoms with van der Waals surface area (Å²) in [6, 6.07) is 0.130. The number of esters is 1. The third-order valence-corrected chi connectivity index (χ3v) is 3.17. The SMILES string of the molecule is CCOC(=O)C(=O)NC1CCCSC1. The Kier molecular flexibility index (Phi) is 4.79. The van der Waals surface area contributed by atoms with Gasteiger partial charge in [-0.05, 0) is 25.5 Å². The molecule has 80 valence electrons. The van der Waals surface area contributed by atoms with Crippen molar-refractivity contribution in [2.45, 2.75) is 25.8 Å². The molecule has 1 atom stereocenters. The molecule has 1 unspecified atom stereocenters. The van der Waals surface area contributed by atoms with Gasteiger partial charge in [-0.2, -0.15) is 11.8 Å². The number of carbonyl (C=O) groups excluding carboxylic acids is 2. The van der Waals surface area contributed by atoms with Gasteiger partial charge in [-0.3, -0.25) is 4.79 Å². The van der Waals surface area contributed by atoms with Crippen LogP contribution in [0.5, 0.6) is 0 Å². The lowest BCUT2D eigenvalue weighted by atomic mass is 10.2. The van der Waals surface area contributed by atoms with Gasteiger partial charge in [-0.15, -0.1) is 0 Å². The Hall–Kier alpha value is -0.710. The van der Waals surface area contributed by atoms with E-state index in [9.17, 15) is 9.59 Å². The second kappa shape index (κ2) is 5.90. The molecule has 1 fully saturated rings. The average Bonchev–Trinajstić information content (AvgIpc) is 2.19. The summed E-state index contributed by atoms with van der Waals surface area (Å²) in [6.07, 6.45) is 2.05. The van der Waals surface area contributed by atoms with Crippen LogP contribution in [0, 0.1) is 0 Å². The third-order valence-electron chi connectivity index (χ3n) is 1.96. The summed E-state index contributed by atoms with van der Waals surface area (Å²) < 4.78 is 4.59. The van der Waals surface area contributed by atoms with Crippen LogP contribution in [-0.4, -0.2) is 36.0 Å². The molecular weight excluding hydrogens is 202 g/mol. The summed E-state index contributed by atoms with van der Waals surface area (Å²) in [6.45, 7) is 1.92. The molecule has 1 rings (SSSR count). The molecular formula is C9H15NO3S. The number of hydrogen-bond acceptors (Lipinski definition) is 4. The van der Waals surface area contributed by atoms with Gasteiger partial charge in [0, 0.05) is 11.8 Å². The zero-order valence-electron chi connectivity index (χ0n) is 8.25. The summed E-state index contributed by atoms with van der Waals surface area (Å²) >= 11 is 1.80. The van der Waals surface area contributed by atoms with Crippen molar-refractivity contribution in [1.82, 2.24) is 5.32 Å². The molecule has 1 saturated heterocycles. The van der Waals surface area contributed by atoms with Crippen LogP contribution in [0.25, 0.3) is 0 Å². The minimum absolute atomic E-state index is 0.130. The van der Waals surface area contributed by atoms with Crippen molar-refractivity contribution >= 4 is 23.6 Å². The molecule has 0 aliphatic carbocycles. The Bertz CT molecular complexity index is 214. The van der Waals surface area contributed by atoms with Crippen LogP contribution in [0.1, 0.15) is 19.8 Å². The van der Waals surface area contributed by atoms with E-state index < -0.39 is 11.9 Å². The van der Waals surface area contributed by atoms with Crippen molar-refractivity contribution < 1.29 is 14.3 Å². The highest BCUT2D eigenvalue weighted by atomic mass is 32.2. The average molecular weight is 217 g/mol.